The standard InChI is InChI=1S/C54H56N2/c1-52(2,3)34-20-39-38(41(21-34)53(4,5)6)22-40-47-42(23-37(29-10-8-7-9-11-29)44-30-13-27-12-28(14-30)16-31(15-27)45(44)47)56-43-26-55-50-33-18-36-19-35-17-32(24-54(35,36)25-33)46(50)49(43)48(39)51(40)56/h7-11,20-23,26-28,30-33,35-36H,12-19,24-25H2,1-6H3. The number of hydrogen-bond donors (Lipinski definition) is 0. The van der Waals surface area contributed by atoms with Crippen molar-refractivity contribution in [3.8, 4) is 11.1 Å². The van der Waals surface area contributed by atoms with Gasteiger partial charge < -0.3 is 4.40 Å². The molecule has 15 rings (SSSR count). The molecule has 2 nitrogen and oxygen atoms in total. The molecule has 3 heterocycles. The van der Waals surface area contributed by atoms with Crippen molar-refractivity contribution in [1.29, 1.82) is 0 Å². The van der Waals surface area contributed by atoms with Crippen molar-refractivity contribution in [2.75, 3.05) is 0 Å². The van der Waals surface area contributed by atoms with Crippen LogP contribution in [0.3, 0.4) is 0 Å². The summed E-state index contributed by atoms with van der Waals surface area (Å²) in [6, 6.07) is 22.2. The smallest absolute Gasteiger partial charge is 0.0728 e. The van der Waals surface area contributed by atoms with Gasteiger partial charge in [0.25, 0.3) is 0 Å². The Morgan fingerprint density at radius 2 is 1.30 bits per heavy atom. The van der Waals surface area contributed by atoms with E-state index >= 15 is 0 Å². The molecule has 7 unspecified atom stereocenters. The van der Waals surface area contributed by atoms with Crippen LogP contribution in [-0.2, 0) is 10.8 Å². The minimum Gasteiger partial charge on any atom is -0.306 e. The van der Waals surface area contributed by atoms with Gasteiger partial charge >= 0.3 is 0 Å². The molecule has 0 aliphatic heterocycles. The van der Waals surface area contributed by atoms with Crippen molar-refractivity contribution >= 4 is 48.9 Å². The Hall–Kier alpha value is -3.91. The van der Waals surface area contributed by atoms with Gasteiger partial charge in [-0.2, -0.15) is 0 Å². The van der Waals surface area contributed by atoms with E-state index in [1.54, 1.807) is 32.8 Å². The fourth-order valence-corrected chi connectivity index (χ4v) is 16.1. The number of fused-ring (bicyclic) bond motifs is 14. The zero-order valence-electron chi connectivity index (χ0n) is 34.4. The Morgan fingerprint density at radius 3 is 2.04 bits per heavy atom. The monoisotopic (exact) mass is 732 g/mol. The maximum Gasteiger partial charge on any atom is 0.0728 e. The van der Waals surface area contributed by atoms with Crippen molar-refractivity contribution < 1.29 is 0 Å². The summed E-state index contributed by atoms with van der Waals surface area (Å²) in [4.78, 5) is 5.68. The minimum absolute atomic E-state index is 0.0159. The topological polar surface area (TPSA) is 17.3 Å². The molecular formula is C54H56N2. The summed E-state index contributed by atoms with van der Waals surface area (Å²) in [5.74, 6) is 6.24. The normalized spacial score (nSPS) is 32.5. The molecule has 5 fully saturated rings. The summed E-state index contributed by atoms with van der Waals surface area (Å²) < 4.78 is 2.79. The molecule has 282 valence electrons. The molecule has 7 atom stereocenters. The van der Waals surface area contributed by atoms with Gasteiger partial charge in [0.05, 0.1) is 22.7 Å². The lowest BCUT2D eigenvalue weighted by Gasteiger charge is -2.48. The number of nitrogens with zero attached hydrogens (tertiary/aromatic N) is 2. The van der Waals surface area contributed by atoms with Crippen molar-refractivity contribution in [2.45, 2.75) is 140 Å². The highest BCUT2D eigenvalue weighted by atomic mass is 14.9. The lowest BCUT2D eigenvalue weighted by molar-refractivity contribution is 0.00321. The highest BCUT2D eigenvalue weighted by molar-refractivity contribution is 6.33. The van der Waals surface area contributed by atoms with E-state index in [1.165, 1.54) is 125 Å². The van der Waals surface area contributed by atoms with Gasteiger partial charge in [0.15, 0.2) is 0 Å². The third-order valence-electron chi connectivity index (χ3n) is 18.1. The largest absolute Gasteiger partial charge is 0.306 e. The molecule has 5 saturated carbocycles. The minimum atomic E-state index is 0.0159. The fraction of sp³-hybridized carbons (Fsp3) is 0.500. The van der Waals surface area contributed by atoms with Crippen molar-refractivity contribution in [2.24, 2.45) is 29.1 Å². The highest BCUT2D eigenvalue weighted by Crippen LogP contribution is 2.76. The summed E-state index contributed by atoms with van der Waals surface area (Å²) in [6.45, 7) is 14.6. The van der Waals surface area contributed by atoms with Crippen molar-refractivity contribution in [3.05, 3.63) is 94.3 Å². The molecular weight excluding hydrogens is 677 g/mol. The van der Waals surface area contributed by atoms with E-state index in [1.807, 2.05) is 0 Å². The number of benzene rings is 4. The first-order chi connectivity index (χ1) is 26.9. The number of rotatable bonds is 1. The van der Waals surface area contributed by atoms with Gasteiger partial charge in [0.1, 0.15) is 0 Å². The van der Waals surface area contributed by atoms with Crippen molar-refractivity contribution in [3.63, 3.8) is 0 Å². The molecule has 4 aromatic carbocycles. The zero-order valence-corrected chi connectivity index (χ0v) is 34.4. The Labute approximate surface area is 331 Å². The molecule has 0 N–H and O–H groups in total. The van der Waals surface area contributed by atoms with E-state index < -0.39 is 0 Å². The van der Waals surface area contributed by atoms with Crippen LogP contribution in [0, 0.1) is 29.1 Å². The number of hydrogen-bond acceptors (Lipinski definition) is 1. The predicted octanol–water partition coefficient (Wildman–Crippen LogP) is 14.4. The molecule has 2 heteroatoms. The maximum absolute atomic E-state index is 5.68. The number of aromatic nitrogens is 2. The second-order valence-corrected chi connectivity index (χ2v) is 22.9. The van der Waals surface area contributed by atoms with Crippen LogP contribution in [0.5, 0.6) is 0 Å². The van der Waals surface area contributed by atoms with E-state index in [-0.39, 0.29) is 10.8 Å². The quantitative estimate of drug-likeness (QED) is 0.164. The molecule has 0 saturated heterocycles. The second kappa shape index (κ2) is 10.0. The van der Waals surface area contributed by atoms with E-state index in [2.05, 4.69) is 107 Å². The van der Waals surface area contributed by atoms with Crippen LogP contribution >= 0.6 is 0 Å². The molecule has 8 aliphatic rings. The van der Waals surface area contributed by atoms with Crippen LogP contribution < -0.4 is 0 Å². The lowest BCUT2D eigenvalue weighted by Crippen LogP contribution is -2.41. The zero-order chi connectivity index (χ0) is 37.4. The van der Waals surface area contributed by atoms with E-state index in [9.17, 15) is 0 Å². The molecule has 56 heavy (non-hydrogen) atoms. The van der Waals surface area contributed by atoms with Crippen LogP contribution in [0.2, 0.25) is 0 Å². The van der Waals surface area contributed by atoms with Gasteiger partial charge in [-0.15, -0.1) is 0 Å². The Kier molecular flexibility index (Phi) is 5.74. The van der Waals surface area contributed by atoms with E-state index in [4.69, 9.17) is 4.98 Å². The van der Waals surface area contributed by atoms with Crippen LogP contribution in [-0.4, -0.2) is 9.38 Å². The van der Waals surface area contributed by atoms with Gasteiger partial charge in [0.2, 0.25) is 0 Å². The predicted molar refractivity (Wildman–Crippen MR) is 233 cm³/mol. The van der Waals surface area contributed by atoms with E-state index in [0.717, 1.165) is 23.7 Å². The molecule has 7 bridgehead atoms. The highest BCUT2D eigenvalue weighted by Gasteiger charge is 2.66. The Morgan fingerprint density at radius 1 is 0.589 bits per heavy atom. The summed E-state index contributed by atoms with van der Waals surface area (Å²) in [7, 11) is 0. The van der Waals surface area contributed by atoms with Gasteiger partial charge in [-0.25, -0.2) is 0 Å². The summed E-state index contributed by atoms with van der Waals surface area (Å²) in [5.41, 5.74) is 17.6. The van der Waals surface area contributed by atoms with Crippen LogP contribution in [0.15, 0.2) is 60.8 Å². The molecule has 1 spiro atoms. The third kappa shape index (κ3) is 3.76. The third-order valence-corrected chi connectivity index (χ3v) is 18.1. The maximum atomic E-state index is 5.68. The van der Waals surface area contributed by atoms with Crippen LogP contribution in [0.4, 0.5) is 0 Å². The summed E-state index contributed by atoms with van der Waals surface area (Å²) >= 11 is 0. The first kappa shape index (κ1) is 32.1. The molecule has 0 radical (unpaired) electrons. The van der Waals surface area contributed by atoms with Gasteiger partial charge in [-0.1, -0.05) is 77.9 Å². The first-order valence-electron chi connectivity index (χ1n) is 22.7. The first-order valence-corrected chi connectivity index (χ1v) is 22.7. The summed E-state index contributed by atoms with van der Waals surface area (Å²) in [5, 5.41) is 9.24. The van der Waals surface area contributed by atoms with Gasteiger partial charge in [0, 0.05) is 33.2 Å². The van der Waals surface area contributed by atoms with Gasteiger partial charge in [-0.05, 0) is 190 Å². The average molecular weight is 733 g/mol. The molecule has 7 aromatic rings. The Balaban J connectivity index is 1.22. The van der Waals surface area contributed by atoms with E-state index in [0.29, 0.717) is 29.1 Å². The molecule has 8 aliphatic carbocycles. The van der Waals surface area contributed by atoms with Crippen LogP contribution in [0.25, 0.3) is 60.0 Å². The molecule has 0 amide bonds. The van der Waals surface area contributed by atoms with Gasteiger partial charge in [-0.3, -0.25) is 4.98 Å². The fourth-order valence-electron chi connectivity index (χ4n) is 16.1. The average Bonchev–Trinajstić information content (AvgIpc) is 3.80. The number of pyridine rings is 1. The van der Waals surface area contributed by atoms with Crippen molar-refractivity contribution in [1.82, 2.24) is 9.38 Å². The second-order valence-electron chi connectivity index (χ2n) is 22.9. The lowest BCUT2D eigenvalue weighted by atomic mass is 9.56. The molecule has 3 aromatic heterocycles. The Bertz CT molecular complexity index is 2880. The summed E-state index contributed by atoms with van der Waals surface area (Å²) in [6.07, 6.45) is 16.4. The SMILES string of the molecule is CC(C)(C)c1cc(C(C)(C)C)c2cc3c4c5c(c(-c6ccccc6)cc4n4c6cnc7c(c6c(c2c1)c34)C1CC2CC3CC7CC32C1)C1CC2CC(C1)CC5C2. The van der Waals surface area contributed by atoms with Crippen LogP contribution in [0.1, 0.15) is 163 Å².